The van der Waals surface area contributed by atoms with Crippen LogP contribution in [0, 0.1) is 0 Å². The van der Waals surface area contributed by atoms with Crippen molar-refractivity contribution >= 4 is 35.6 Å². The lowest BCUT2D eigenvalue weighted by Gasteiger charge is -2.22. The van der Waals surface area contributed by atoms with Crippen LogP contribution < -0.4 is 16.4 Å². The predicted molar refractivity (Wildman–Crippen MR) is 113 cm³/mol. The number of carbonyl (C=O) groups is 2. The van der Waals surface area contributed by atoms with Gasteiger partial charge in [0.25, 0.3) is 5.91 Å². The van der Waals surface area contributed by atoms with Crippen LogP contribution in [0.3, 0.4) is 0 Å². The minimum atomic E-state index is -0.636. The highest BCUT2D eigenvalue weighted by Crippen LogP contribution is 2.10. The van der Waals surface area contributed by atoms with E-state index in [0.717, 1.165) is 24.8 Å². The van der Waals surface area contributed by atoms with Gasteiger partial charge in [0.15, 0.2) is 0 Å². The fourth-order valence-corrected chi connectivity index (χ4v) is 3.32. The molecule has 5 nitrogen and oxygen atoms in total. The summed E-state index contributed by atoms with van der Waals surface area (Å²) >= 11 is 1.36. The Hall–Kier alpha value is -1.89. The Kier molecular flexibility index (Phi) is 10.7. The molecule has 0 aliphatic carbocycles. The van der Waals surface area contributed by atoms with Gasteiger partial charge >= 0.3 is 0 Å². The summed E-state index contributed by atoms with van der Waals surface area (Å²) in [7, 11) is 0. The number of halogens is 1. The number of carbonyl (C=O) groups excluding carboxylic acids is 2. The van der Waals surface area contributed by atoms with Crippen LogP contribution in [0.1, 0.15) is 41.4 Å². The summed E-state index contributed by atoms with van der Waals surface area (Å²) in [5, 5.41) is 7.71. The van der Waals surface area contributed by atoms with Crippen LogP contribution in [0.5, 0.6) is 0 Å². The van der Waals surface area contributed by atoms with E-state index in [9.17, 15) is 9.59 Å². The molecule has 7 heteroatoms. The lowest BCUT2D eigenvalue weighted by atomic mass is 10.0. The van der Waals surface area contributed by atoms with Crippen LogP contribution in [0.25, 0.3) is 0 Å². The second-order valence-electron chi connectivity index (χ2n) is 6.28. The predicted octanol–water partition coefficient (Wildman–Crippen LogP) is 3.14. The molecule has 2 atom stereocenters. The number of hydrogen-bond donors (Lipinski definition) is 3. The zero-order valence-electron chi connectivity index (χ0n) is 15.5. The van der Waals surface area contributed by atoms with Gasteiger partial charge < -0.3 is 16.4 Å². The van der Waals surface area contributed by atoms with E-state index < -0.39 is 6.04 Å². The molecule has 0 spiro atoms. The first-order chi connectivity index (χ1) is 12.6. The number of thiophene rings is 1. The van der Waals surface area contributed by atoms with Crippen molar-refractivity contribution < 1.29 is 9.59 Å². The zero-order chi connectivity index (χ0) is 18.8. The largest absolute Gasteiger partial charge is 0.350 e. The van der Waals surface area contributed by atoms with Crippen LogP contribution in [0.2, 0.25) is 0 Å². The lowest BCUT2D eigenvalue weighted by molar-refractivity contribution is -0.123. The van der Waals surface area contributed by atoms with Gasteiger partial charge in [0.05, 0.1) is 4.88 Å². The van der Waals surface area contributed by atoms with Gasteiger partial charge in [0, 0.05) is 19.0 Å². The summed E-state index contributed by atoms with van der Waals surface area (Å²) < 4.78 is 0. The molecule has 0 saturated carbocycles. The average molecular weight is 410 g/mol. The summed E-state index contributed by atoms with van der Waals surface area (Å²) in [6.07, 6.45) is 3.34. The number of benzene rings is 1. The molecule has 2 amide bonds. The Balaban J connectivity index is 0.00000364. The Bertz CT molecular complexity index is 680. The standard InChI is InChI=1S/C20H27N3O2S.ClH/c1-2-3-10-16(14-21)22-19(24)17(13-15-8-5-4-6-9-15)23-20(25)18-11-7-12-26-18;/h4-9,11-12,16-17H,2-3,10,13-14,21H2,1H3,(H,22,24)(H,23,25);1H. The van der Waals surface area contributed by atoms with E-state index in [1.807, 2.05) is 41.8 Å². The number of rotatable bonds is 10. The zero-order valence-corrected chi connectivity index (χ0v) is 17.2. The fraction of sp³-hybridized carbons (Fsp3) is 0.400. The van der Waals surface area contributed by atoms with Crippen molar-refractivity contribution in [3.05, 3.63) is 58.3 Å². The van der Waals surface area contributed by atoms with Crippen molar-refractivity contribution in [2.24, 2.45) is 5.73 Å². The second kappa shape index (κ2) is 12.5. The molecule has 0 bridgehead atoms. The first-order valence-corrected chi connectivity index (χ1v) is 9.90. The number of hydrogen-bond acceptors (Lipinski definition) is 4. The summed E-state index contributed by atoms with van der Waals surface area (Å²) in [4.78, 5) is 25.8. The first-order valence-electron chi connectivity index (χ1n) is 9.02. The van der Waals surface area contributed by atoms with Crippen molar-refractivity contribution in [3.63, 3.8) is 0 Å². The van der Waals surface area contributed by atoms with Gasteiger partial charge in [-0.15, -0.1) is 23.7 Å². The van der Waals surface area contributed by atoms with Gasteiger partial charge in [-0.2, -0.15) is 0 Å². The molecule has 1 aromatic heterocycles. The van der Waals surface area contributed by atoms with E-state index in [1.165, 1.54) is 11.3 Å². The van der Waals surface area contributed by atoms with Gasteiger partial charge in [-0.1, -0.05) is 56.2 Å². The molecule has 1 heterocycles. The van der Waals surface area contributed by atoms with E-state index in [0.29, 0.717) is 17.8 Å². The monoisotopic (exact) mass is 409 g/mol. The van der Waals surface area contributed by atoms with E-state index in [1.54, 1.807) is 6.07 Å². The number of amides is 2. The van der Waals surface area contributed by atoms with E-state index in [-0.39, 0.29) is 30.3 Å². The summed E-state index contributed by atoms with van der Waals surface area (Å²) in [6.45, 7) is 2.50. The number of nitrogens with two attached hydrogens (primary N) is 1. The highest BCUT2D eigenvalue weighted by atomic mass is 35.5. The van der Waals surface area contributed by atoms with Crippen LogP contribution in [0.15, 0.2) is 47.8 Å². The molecule has 4 N–H and O–H groups in total. The van der Waals surface area contributed by atoms with Gasteiger partial charge in [-0.05, 0) is 23.4 Å². The van der Waals surface area contributed by atoms with Crippen molar-refractivity contribution in [2.75, 3.05) is 6.54 Å². The molecule has 0 aliphatic heterocycles. The Labute approximate surface area is 171 Å². The van der Waals surface area contributed by atoms with Gasteiger partial charge in [0.2, 0.25) is 5.91 Å². The fourth-order valence-electron chi connectivity index (χ4n) is 2.70. The van der Waals surface area contributed by atoms with Crippen LogP contribution >= 0.6 is 23.7 Å². The normalized spacial score (nSPS) is 12.5. The maximum atomic E-state index is 12.8. The van der Waals surface area contributed by atoms with E-state index >= 15 is 0 Å². The molecule has 0 fully saturated rings. The SMILES string of the molecule is CCCCC(CN)NC(=O)C(Cc1ccccc1)NC(=O)c1cccs1.Cl. The molecular weight excluding hydrogens is 382 g/mol. The summed E-state index contributed by atoms with van der Waals surface area (Å²) in [5.41, 5.74) is 6.79. The molecule has 0 saturated heterocycles. The Morgan fingerprint density at radius 3 is 2.44 bits per heavy atom. The van der Waals surface area contributed by atoms with Crippen LogP contribution in [-0.4, -0.2) is 30.4 Å². The third-order valence-corrected chi connectivity index (χ3v) is 5.06. The quantitative estimate of drug-likeness (QED) is 0.563. The number of nitrogens with one attached hydrogen (secondary N) is 2. The third-order valence-electron chi connectivity index (χ3n) is 4.19. The molecular formula is C20H28ClN3O2S. The second-order valence-corrected chi connectivity index (χ2v) is 7.22. The minimum absolute atomic E-state index is 0. The van der Waals surface area contributed by atoms with E-state index in [4.69, 9.17) is 5.73 Å². The molecule has 2 aromatic rings. The maximum Gasteiger partial charge on any atom is 0.262 e. The highest BCUT2D eigenvalue weighted by molar-refractivity contribution is 7.12. The van der Waals surface area contributed by atoms with Crippen molar-refractivity contribution in [3.8, 4) is 0 Å². The van der Waals surface area contributed by atoms with Crippen molar-refractivity contribution in [2.45, 2.75) is 44.7 Å². The summed E-state index contributed by atoms with van der Waals surface area (Å²) in [5.74, 6) is -0.417. The lowest BCUT2D eigenvalue weighted by Crippen LogP contribution is -2.52. The van der Waals surface area contributed by atoms with Crippen LogP contribution in [-0.2, 0) is 11.2 Å². The van der Waals surface area contributed by atoms with Crippen LogP contribution in [0.4, 0.5) is 0 Å². The average Bonchev–Trinajstić information content (AvgIpc) is 3.20. The number of unbranched alkanes of at least 4 members (excludes halogenated alkanes) is 1. The van der Waals surface area contributed by atoms with E-state index in [2.05, 4.69) is 17.6 Å². The first kappa shape index (κ1) is 23.1. The highest BCUT2D eigenvalue weighted by Gasteiger charge is 2.24. The van der Waals surface area contributed by atoms with Crippen molar-refractivity contribution in [1.29, 1.82) is 0 Å². The maximum absolute atomic E-state index is 12.8. The summed E-state index contributed by atoms with van der Waals surface area (Å²) in [6, 6.07) is 12.6. The van der Waals surface area contributed by atoms with Gasteiger partial charge in [-0.3, -0.25) is 9.59 Å². The molecule has 1 aromatic carbocycles. The minimum Gasteiger partial charge on any atom is -0.350 e. The van der Waals surface area contributed by atoms with Gasteiger partial charge in [0.1, 0.15) is 6.04 Å². The molecule has 0 aliphatic rings. The molecule has 148 valence electrons. The molecule has 0 radical (unpaired) electrons. The van der Waals surface area contributed by atoms with Gasteiger partial charge in [-0.25, -0.2) is 0 Å². The molecule has 2 rings (SSSR count). The Morgan fingerprint density at radius 1 is 1.11 bits per heavy atom. The molecule has 27 heavy (non-hydrogen) atoms. The third kappa shape index (κ3) is 7.71. The topological polar surface area (TPSA) is 84.2 Å². The smallest absolute Gasteiger partial charge is 0.262 e. The van der Waals surface area contributed by atoms with Crippen molar-refractivity contribution in [1.82, 2.24) is 10.6 Å². The molecule has 2 unspecified atom stereocenters. The Morgan fingerprint density at radius 2 is 1.85 bits per heavy atom.